The average Bonchev–Trinajstić information content (AvgIpc) is 3.32. The molecule has 0 aliphatic rings. The highest BCUT2D eigenvalue weighted by Gasteiger charge is 2.28. The van der Waals surface area contributed by atoms with Crippen LogP contribution in [0.2, 0.25) is 0 Å². The number of benzene rings is 2. The second-order valence-corrected chi connectivity index (χ2v) is 8.52. The Balaban J connectivity index is 0.000000505. The molecule has 4 aromatic rings. The maximum absolute atomic E-state index is 11.2. The van der Waals surface area contributed by atoms with Crippen LogP contribution >= 0.6 is 11.8 Å². The van der Waals surface area contributed by atoms with Crippen molar-refractivity contribution < 1.29 is 52.2 Å². The maximum Gasteiger partial charge on any atom is 0.430 e. The molecule has 0 amide bonds. The Bertz CT molecular complexity index is 1420. The van der Waals surface area contributed by atoms with Crippen molar-refractivity contribution in [3.8, 4) is 34.1 Å². The summed E-state index contributed by atoms with van der Waals surface area (Å²) >= 11 is 1.45. The normalized spacial score (nSPS) is 10.8. The fourth-order valence-corrected chi connectivity index (χ4v) is 4.02. The molecule has 0 unspecified atom stereocenters. The third kappa shape index (κ3) is 7.29. The number of carboxylic acids is 2. The number of aliphatic carboxylic acids is 1. The molecule has 2 heterocycles. The number of aromatic hydroxyl groups is 1. The quantitative estimate of drug-likeness (QED) is 0.325. The zero-order valence-electron chi connectivity index (χ0n) is 19.6. The number of nitrogens with one attached hydrogen (secondary N) is 1. The number of halogens is 3. The molecule has 2 aromatic carbocycles. The SMILES string of the molecule is COc1cccc(-c2cc(CSc3[nH+]cccc3O)c(-c3ccc(C(=O)O)cc3)o2)c1.O=C([O-])C(F)(F)F. The van der Waals surface area contributed by atoms with Gasteiger partial charge in [-0.15, -0.1) is 0 Å². The summed E-state index contributed by atoms with van der Waals surface area (Å²) in [5.74, 6) is -1.22. The van der Waals surface area contributed by atoms with Gasteiger partial charge in [0.2, 0.25) is 0 Å². The summed E-state index contributed by atoms with van der Waals surface area (Å²) in [7, 11) is 1.61. The van der Waals surface area contributed by atoms with Gasteiger partial charge in [-0.25, -0.2) is 9.78 Å². The van der Waals surface area contributed by atoms with Crippen LogP contribution in [0.5, 0.6) is 11.5 Å². The molecule has 12 heteroatoms. The molecule has 0 radical (unpaired) electrons. The monoisotopic (exact) mass is 547 g/mol. The van der Waals surface area contributed by atoms with E-state index in [0.29, 0.717) is 22.3 Å². The van der Waals surface area contributed by atoms with Crippen LogP contribution in [0.15, 0.2) is 82.4 Å². The second kappa shape index (κ2) is 12.2. The molecule has 0 fully saturated rings. The van der Waals surface area contributed by atoms with Crippen molar-refractivity contribution >= 4 is 23.7 Å². The number of carbonyl (C=O) groups is 2. The minimum absolute atomic E-state index is 0.177. The molecule has 0 saturated carbocycles. The van der Waals surface area contributed by atoms with Crippen LogP contribution < -0.4 is 14.8 Å². The third-order valence-electron chi connectivity index (χ3n) is 4.96. The predicted octanol–water partition coefficient (Wildman–Crippen LogP) is 4.43. The van der Waals surface area contributed by atoms with Gasteiger partial charge in [-0.2, -0.15) is 13.2 Å². The lowest BCUT2D eigenvalue weighted by atomic mass is 10.1. The van der Waals surface area contributed by atoms with Crippen molar-refractivity contribution in [2.75, 3.05) is 7.11 Å². The van der Waals surface area contributed by atoms with Gasteiger partial charge in [0.05, 0.1) is 12.7 Å². The van der Waals surface area contributed by atoms with Crippen molar-refractivity contribution in [2.45, 2.75) is 17.0 Å². The molecule has 8 nitrogen and oxygen atoms in total. The van der Waals surface area contributed by atoms with E-state index in [9.17, 15) is 28.2 Å². The lowest BCUT2D eigenvalue weighted by Crippen LogP contribution is -2.37. The number of alkyl halides is 3. The molecule has 0 spiro atoms. The number of furan rings is 1. The van der Waals surface area contributed by atoms with E-state index >= 15 is 0 Å². The van der Waals surface area contributed by atoms with Crippen LogP contribution in [-0.2, 0) is 10.5 Å². The largest absolute Gasteiger partial charge is 0.542 e. The molecule has 0 saturated heterocycles. The number of aromatic amines is 1. The van der Waals surface area contributed by atoms with Crippen molar-refractivity contribution in [3.63, 3.8) is 0 Å². The molecule has 3 N–H and O–H groups in total. The van der Waals surface area contributed by atoms with Crippen molar-refractivity contribution in [2.24, 2.45) is 0 Å². The molecule has 0 aliphatic heterocycles. The Kier molecular flexibility index (Phi) is 9.02. The van der Waals surface area contributed by atoms with E-state index in [1.807, 2.05) is 30.3 Å². The van der Waals surface area contributed by atoms with Crippen LogP contribution in [0.25, 0.3) is 22.6 Å². The first-order chi connectivity index (χ1) is 18.0. The Hall–Kier alpha value is -4.45. The number of carboxylic acid groups (broad SMARTS) is 2. The summed E-state index contributed by atoms with van der Waals surface area (Å²) in [6.07, 6.45) is -3.44. The molecule has 198 valence electrons. The van der Waals surface area contributed by atoms with Crippen LogP contribution in [0.4, 0.5) is 13.2 Å². The van der Waals surface area contributed by atoms with Gasteiger partial charge < -0.3 is 29.3 Å². The van der Waals surface area contributed by atoms with Crippen molar-refractivity contribution in [1.82, 2.24) is 0 Å². The molecule has 0 bridgehead atoms. The smallest absolute Gasteiger partial charge is 0.430 e. The van der Waals surface area contributed by atoms with Crippen molar-refractivity contribution in [3.05, 3.63) is 84.1 Å². The highest BCUT2D eigenvalue weighted by Crippen LogP contribution is 2.37. The molecule has 0 aliphatic carbocycles. The summed E-state index contributed by atoms with van der Waals surface area (Å²) in [6, 6.07) is 19.5. The summed E-state index contributed by atoms with van der Waals surface area (Å²) in [5, 5.41) is 28.7. The number of methoxy groups -OCH3 is 1. The summed E-state index contributed by atoms with van der Waals surface area (Å²) < 4.78 is 43.1. The van der Waals surface area contributed by atoms with Gasteiger partial charge >= 0.3 is 12.1 Å². The highest BCUT2D eigenvalue weighted by atomic mass is 32.2. The number of hydrogen-bond acceptors (Lipinski definition) is 7. The number of pyridine rings is 1. The van der Waals surface area contributed by atoms with E-state index in [1.54, 1.807) is 49.7 Å². The number of aromatic carboxylic acids is 1. The number of hydrogen-bond donors (Lipinski definition) is 2. The van der Waals surface area contributed by atoms with Gasteiger partial charge in [0.15, 0.2) is 11.9 Å². The fraction of sp³-hybridized carbons (Fsp3) is 0.115. The van der Waals surface area contributed by atoms with E-state index in [-0.39, 0.29) is 11.3 Å². The Morgan fingerprint density at radius 1 is 1.05 bits per heavy atom. The van der Waals surface area contributed by atoms with Gasteiger partial charge in [0.1, 0.15) is 23.2 Å². The summed E-state index contributed by atoms with van der Waals surface area (Å²) in [5.41, 5.74) is 2.77. The van der Waals surface area contributed by atoms with Crippen molar-refractivity contribution in [1.29, 1.82) is 0 Å². The summed E-state index contributed by atoms with van der Waals surface area (Å²) in [6.45, 7) is 0. The van der Waals surface area contributed by atoms with Gasteiger partial charge in [0, 0.05) is 28.5 Å². The molecule has 4 rings (SSSR count). The lowest BCUT2D eigenvalue weighted by molar-refractivity contribution is -0.428. The zero-order valence-corrected chi connectivity index (χ0v) is 20.4. The number of aromatic nitrogens is 1. The third-order valence-corrected chi connectivity index (χ3v) is 6.03. The van der Waals surface area contributed by atoms with E-state index < -0.39 is 18.1 Å². The topological polar surface area (TPSA) is 134 Å². The standard InChI is InChI=1S/C24H19NO5S.C2HF3O2/c1-29-19-5-2-4-17(12-19)21-13-18(14-31-23-20(26)6-3-11-25-23)22(30-21)15-7-9-16(10-8-15)24(27)28;3-2(4,5)1(6)7/h2-13,26H,14H2,1H3,(H,27,28);(H,6,7). The molecule has 38 heavy (non-hydrogen) atoms. The molecule has 0 atom stereocenters. The molecule has 2 aromatic heterocycles. The van der Waals surface area contributed by atoms with Gasteiger partial charge in [-0.05, 0) is 48.2 Å². The van der Waals surface area contributed by atoms with E-state index in [1.165, 1.54) is 11.8 Å². The summed E-state index contributed by atoms with van der Waals surface area (Å²) in [4.78, 5) is 23.0. The zero-order chi connectivity index (χ0) is 27.9. The number of ether oxygens (including phenoxy) is 1. The van der Waals surface area contributed by atoms with E-state index in [2.05, 4.69) is 4.98 Å². The van der Waals surface area contributed by atoms with Gasteiger partial charge in [0.25, 0.3) is 5.03 Å². The average molecular weight is 548 g/mol. The minimum Gasteiger partial charge on any atom is -0.542 e. The number of thioether (sulfide) groups is 1. The maximum atomic E-state index is 11.2. The van der Waals surface area contributed by atoms with Gasteiger partial charge in [-0.1, -0.05) is 24.3 Å². The number of H-pyrrole nitrogens is 1. The number of carbonyl (C=O) groups excluding carboxylic acids is 1. The lowest BCUT2D eigenvalue weighted by Gasteiger charge is -2.03. The number of rotatable bonds is 7. The fourth-order valence-electron chi connectivity index (χ4n) is 3.14. The van der Waals surface area contributed by atoms with Crippen LogP contribution in [-0.4, -0.2) is 35.4 Å². The van der Waals surface area contributed by atoms with Crippen LogP contribution in [0.3, 0.4) is 0 Å². The first-order valence-electron chi connectivity index (χ1n) is 10.7. The Morgan fingerprint density at radius 3 is 2.32 bits per heavy atom. The first-order valence-corrected chi connectivity index (χ1v) is 11.7. The van der Waals surface area contributed by atoms with Gasteiger partial charge in [-0.3, -0.25) is 0 Å². The van der Waals surface area contributed by atoms with E-state index in [4.69, 9.17) is 19.1 Å². The van der Waals surface area contributed by atoms with Crippen LogP contribution in [0, 0.1) is 0 Å². The highest BCUT2D eigenvalue weighted by molar-refractivity contribution is 7.98. The molecular weight excluding hydrogens is 527 g/mol. The Labute approximate surface area is 218 Å². The Morgan fingerprint density at radius 2 is 1.74 bits per heavy atom. The minimum atomic E-state index is -5.19. The molecular formula is C26H20F3NO7S. The second-order valence-electron chi connectivity index (χ2n) is 7.54. The van der Waals surface area contributed by atoms with E-state index in [0.717, 1.165) is 22.4 Å². The first kappa shape index (κ1) is 28.1. The predicted molar refractivity (Wildman–Crippen MR) is 128 cm³/mol. The van der Waals surface area contributed by atoms with Crippen LogP contribution in [0.1, 0.15) is 15.9 Å².